The molecule has 0 aromatic heterocycles. The van der Waals surface area contributed by atoms with E-state index in [0.717, 1.165) is 0 Å². The molecule has 90 valence electrons. The van der Waals surface area contributed by atoms with E-state index in [1.807, 2.05) is 0 Å². The molecule has 1 heterocycles. The highest BCUT2D eigenvalue weighted by atomic mass is 19.3. The van der Waals surface area contributed by atoms with Gasteiger partial charge >= 0.3 is 0 Å². The van der Waals surface area contributed by atoms with Crippen LogP contribution in [-0.2, 0) is 0 Å². The molecule has 0 amide bonds. The maximum atomic E-state index is 13.0. The number of rotatable bonds is 3. The lowest BCUT2D eigenvalue weighted by atomic mass is 9.64. The molecule has 0 radical (unpaired) electrons. The van der Waals surface area contributed by atoms with E-state index < -0.39 is 17.5 Å². The molecule has 2 rings (SSSR count). The molecule has 1 saturated heterocycles. The number of likely N-dealkylation sites (tertiary alicyclic amines) is 1. The van der Waals surface area contributed by atoms with E-state index in [9.17, 15) is 13.2 Å². The smallest absolute Gasteiger partial charge is 0.250 e. The summed E-state index contributed by atoms with van der Waals surface area (Å²) in [5.74, 6) is -2.62. The van der Waals surface area contributed by atoms with Crippen molar-refractivity contribution in [3.8, 4) is 0 Å². The fraction of sp³-hybridized carbons (Fsp3) is 0.667. The molecular weight excluding hydrogens is 215 g/mol. The number of allylic oxidation sites excluding steroid dienone is 1. The van der Waals surface area contributed by atoms with Crippen LogP contribution >= 0.6 is 0 Å². The fourth-order valence-electron chi connectivity index (χ4n) is 2.62. The normalized spacial score (nSPS) is 30.9. The standard InChI is InChI=1S/C12H16F3N/c1-3-11(7-12(14,15)8-11)9(2)16-5-4-10(13)6-16/h3,10H,1-2,4-8H2. The zero-order chi connectivity index (χ0) is 12.0. The lowest BCUT2D eigenvalue weighted by Crippen LogP contribution is -2.49. The summed E-state index contributed by atoms with van der Waals surface area (Å²) < 4.78 is 39.0. The molecule has 4 heteroatoms. The lowest BCUT2D eigenvalue weighted by Gasteiger charge is -2.49. The number of hydrogen-bond acceptors (Lipinski definition) is 1. The minimum atomic E-state index is -2.62. The van der Waals surface area contributed by atoms with Crippen LogP contribution in [0.4, 0.5) is 13.2 Å². The van der Waals surface area contributed by atoms with Gasteiger partial charge in [0, 0.05) is 37.0 Å². The Bertz CT molecular complexity index is 316. The Balaban J connectivity index is 2.06. The van der Waals surface area contributed by atoms with Gasteiger partial charge in [-0.1, -0.05) is 12.7 Å². The molecular formula is C12H16F3N. The molecule has 2 aliphatic rings. The highest BCUT2D eigenvalue weighted by Crippen LogP contribution is 2.57. The van der Waals surface area contributed by atoms with Crippen molar-refractivity contribution >= 4 is 0 Å². The summed E-state index contributed by atoms with van der Waals surface area (Å²) in [6, 6.07) is 0. The van der Waals surface area contributed by atoms with E-state index >= 15 is 0 Å². The Morgan fingerprint density at radius 3 is 2.38 bits per heavy atom. The van der Waals surface area contributed by atoms with Crippen LogP contribution in [0.15, 0.2) is 24.9 Å². The van der Waals surface area contributed by atoms with Crippen molar-refractivity contribution < 1.29 is 13.2 Å². The minimum Gasteiger partial charge on any atom is -0.372 e. The molecule has 1 aliphatic heterocycles. The van der Waals surface area contributed by atoms with Crippen molar-refractivity contribution in [3.05, 3.63) is 24.9 Å². The highest BCUT2D eigenvalue weighted by molar-refractivity contribution is 5.25. The monoisotopic (exact) mass is 231 g/mol. The highest BCUT2D eigenvalue weighted by Gasteiger charge is 2.57. The molecule has 1 nitrogen and oxygen atoms in total. The SMILES string of the molecule is C=CC1(C(=C)N2CCC(F)C2)CC(F)(F)C1. The first-order valence-corrected chi connectivity index (χ1v) is 5.48. The molecule has 1 aliphatic carbocycles. The van der Waals surface area contributed by atoms with Gasteiger partial charge in [-0.2, -0.15) is 0 Å². The van der Waals surface area contributed by atoms with Crippen molar-refractivity contribution in [3.63, 3.8) is 0 Å². The van der Waals surface area contributed by atoms with E-state index in [4.69, 9.17) is 0 Å². The second kappa shape index (κ2) is 3.54. The molecule has 1 saturated carbocycles. The third-order valence-corrected chi connectivity index (χ3v) is 3.63. The summed E-state index contributed by atoms with van der Waals surface area (Å²) in [6.07, 6.45) is 0.658. The van der Waals surface area contributed by atoms with E-state index in [2.05, 4.69) is 13.2 Å². The largest absolute Gasteiger partial charge is 0.372 e. The first kappa shape index (κ1) is 11.6. The van der Waals surface area contributed by atoms with Crippen molar-refractivity contribution in [1.29, 1.82) is 0 Å². The second-order valence-corrected chi connectivity index (χ2v) is 4.85. The molecule has 0 N–H and O–H groups in total. The van der Waals surface area contributed by atoms with E-state index in [1.54, 1.807) is 4.90 Å². The lowest BCUT2D eigenvalue weighted by molar-refractivity contribution is -0.133. The summed E-state index contributed by atoms with van der Waals surface area (Å²) in [7, 11) is 0. The van der Waals surface area contributed by atoms with Crippen LogP contribution in [-0.4, -0.2) is 30.1 Å². The minimum absolute atomic E-state index is 0.240. The maximum Gasteiger partial charge on any atom is 0.250 e. The summed E-state index contributed by atoms with van der Waals surface area (Å²) in [5.41, 5.74) is -0.110. The van der Waals surface area contributed by atoms with Crippen molar-refractivity contribution in [2.45, 2.75) is 31.4 Å². The van der Waals surface area contributed by atoms with Crippen LogP contribution in [0.25, 0.3) is 0 Å². The van der Waals surface area contributed by atoms with Gasteiger partial charge in [-0.05, 0) is 6.42 Å². The Labute approximate surface area is 93.6 Å². The Morgan fingerprint density at radius 1 is 1.38 bits per heavy atom. The average Bonchev–Trinajstić information content (AvgIpc) is 2.59. The summed E-state index contributed by atoms with van der Waals surface area (Å²) in [4.78, 5) is 1.78. The van der Waals surface area contributed by atoms with Crippen LogP contribution < -0.4 is 0 Å². The average molecular weight is 231 g/mol. The van der Waals surface area contributed by atoms with Crippen molar-refractivity contribution in [2.75, 3.05) is 13.1 Å². The second-order valence-electron chi connectivity index (χ2n) is 4.85. The molecule has 16 heavy (non-hydrogen) atoms. The van der Waals surface area contributed by atoms with Gasteiger partial charge in [0.2, 0.25) is 0 Å². The molecule has 1 atom stereocenters. The number of nitrogens with zero attached hydrogens (tertiary/aromatic N) is 1. The van der Waals surface area contributed by atoms with Gasteiger partial charge in [0.1, 0.15) is 6.17 Å². The Kier molecular flexibility index (Phi) is 2.55. The Morgan fingerprint density at radius 2 is 2.00 bits per heavy atom. The third kappa shape index (κ3) is 1.74. The molecule has 0 aromatic rings. The van der Waals surface area contributed by atoms with Gasteiger partial charge in [0.15, 0.2) is 0 Å². The maximum absolute atomic E-state index is 13.0. The van der Waals surface area contributed by atoms with E-state index in [1.165, 1.54) is 6.08 Å². The van der Waals surface area contributed by atoms with Crippen molar-refractivity contribution in [2.24, 2.45) is 5.41 Å². The van der Waals surface area contributed by atoms with E-state index in [-0.39, 0.29) is 19.4 Å². The number of alkyl halides is 3. The number of halogens is 3. The molecule has 0 spiro atoms. The quantitative estimate of drug-likeness (QED) is 0.674. The van der Waals surface area contributed by atoms with Gasteiger partial charge < -0.3 is 4.90 Å². The predicted molar refractivity (Wildman–Crippen MR) is 57.0 cm³/mol. The van der Waals surface area contributed by atoms with E-state index in [0.29, 0.717) is 18.7 Å². The van der Waals surface area contributed by atoms with Crippen LogP contribution in [0.1, 0.15) is 19.3 Å². The predicted octanol–water partition coefficient (Wildman–Crippen LogP) is 3.15. The molecule has 0 aromatic carbocycles. The number of hydrogen-bond donors (Lipinski definition) is 0. The van der Waals surface area contributed by atoms with Crippen LogP contribution in [0.3, 0.4) is 0 Å². The summed E-state index contributed by atoms with van der Waals surface area (Å²) in [6.45, 7) is 8.32. The van der Waals surface area contributed by atoms with Gasteiger partial charge in [-0.25, -0.2) is 13.2 Å². The van der Waals surface area contributed by atoms with Gasteiger partial charge in [0.25, 0.3) is 5.92 Å². The fourth-order valence-corrected chi connectivity index (χ4v) is 2.62. The van der Waals surface area contributed by atoms with Crippen LogP contribution in [0.2, 0.25) is 0 Å². The zero-order valence-electron chi connectivity index (χ0n) is 9.19. The van der Waals surface area contributed by atoms with Gasteiger partial charge in [-0.3, -0.25) is 0 Å². The Hall–Kier alpha value is -0.930. The first-order chi connectivity index (χ1) is 7.38. The third-order valence-electron chi connectivity index (χ3n) is 3.63. The molecule has 2 fully saturated rings. The van der Waals surface area contributed by atoms with Gasteiger partial charge in [-0.15, -0.1) is 6.58 Å². The van der Waals surface area contributed by atoms with Crippen LogP contribution in [0, 0.1) is 5.41 Å². The topological polar surface area (TPSA) is 3.24 Å². The summed E-state index contributed by atoms with van der Waals surface area (Å²) in [5, 5.41) is 0. The first-order valence-electron chi connectivity index (χ1n) is 5.48. The summed E-state index contributed by atoms with van der Waals surface area (Å²) >= 11 is 0. The molecule has 1 unspecified atom stereocenters. The molecule has 0 bridgehead atoms. The zero-order valence-corrected chi connectivity index (χ0v) is 9.19. The van der Waals surface area contributed by atoms with Crippen LogP contribution in [0.5, 0.6) is 0 Å². The van der Waals surface area contributed by atoms with Crippen molar-refractivity contribution in [1.82, 2.24) is 4.90 Å². The van der Waals surface area contributed by atoms with Gasteiger partial charge in [0.05, 0.1) is 0 Å².